The Bertz CT molecular complexity index is 1620. The van der Waals surface area contributed by atoms with Crippen molar-refractivity contribution < 1.29 is 0 Å². The minimum Gasteiger partial charge on any atom is -0.310 e. The van der Waals surface area contributed by atoms with Gasteiger partial charge in [0.25, 0.3) is 0 Å². The van der Waals surface area contributed by atoms with E-state index in [0.29, 0.717) is 0 Å². The van der Waals surface area contributed by atoms with Crippen molar-refractivity contribution in [2.75, 3.05) is 4.90 Å². The molecular weight excluding hydrogens is 514 g/mol. The number of benzene rings is 5. The summed E-state index contributed by atoms with van der Waals surface area (Å²) in [6.07, 6.45) is 0. The van der Waals surface area contributed by atoms with E-state index in [0.717, 1.165) is 4.47 Å². The van der Waals surface area contributed by atoms with Crippen LogP contribution >= 0.6 is 15.9 Å². The molecule has 0 saturated heterocycles. The molecule has 0 heterocycles. The smallest absolute Gasteiger partial charge is 0.0543 e. The van der Waals surface area contributed by atoms with Gasteiger partial charge in [0.05, 0.1) is 5.69 Å². The van der Waals surface area contributed by atoms with Crippen LogP contribution in [0.3, 0.4) is 0 Å². The summed E-state index contributed by atoms with van der Waals surface area (Å²) >= 11 is 3.73. The lowest BCUT2D eigenvalue weighted by atomic mass is 9.81. The van der Waals surface area contributed by atoms with Crippen LogP contribution in [0.2, 0.25) is 0 Å². The number of hydrogen-bond donors (Lipinski definition) is 0. The molecular formula is C35H32BrN. The van der Waals surface area contributed by atoms with Crippen molar-refractivity contribution in [3.63, 3.8) is 0 Å². The lowest BCUT2D eigenvalue weighted by molar-refractivity contribution is 0.660. The third kappa shape index (κ3) is 3.90. The summed E-state index contributed by atoms with van der Waals surface area (Å²) < 4.78 is 1.13. The van der Waals surface area contributed by atoms with E-state index in [2.05, 4.69) is 147 Å². The minimum atomic E-state index is -0.107. The first-order valence-electron chi connectivity index (χ1n) is 13.0. The maximum atomic E-state index is 3.73. The first-order valence-corrected chi connectivity index (χ1v) is 13.8. The number of rotatable bonds is 3. The number of aryl methyl sites for hydroxylation is 4. The Labute approximate surface area is 228 Å². The van der Waals surface area contributed by atoms with Gasteiger partial charge in [-0.25, -0.2) is 0 Å². The van der Waals surface area contributed by atoms with Gasteiger partial charge in [0.15, 0.2) is 0 Å². The molecule has 2 heteroatoms. The predicted molar refractivity (Wildman–Crippen MR) is 163 cm³/mol. The van der Waals surface area contributed by atoms with Crippen LogP contribution in [0.15, 0.2) is 89.4 Å². The lowest BCUT2D eigenvalue weighted by Crippen LogP contribution is -2.17. The van der Waals surface area contributed by atoms with Gasteiger partial charge in [-0.3, -0.25) is 0 Å². The maximum absolute atomic E-state index is 3.73. The van der Waals surface area contributed by atoms with E-state index in [1.807, 2.05) is 0 Å². The molecule has 0 spiro atoms. The van der Waals surface area contributed by atoms with Crippen LogP contribution in [0.1, 0.15) is 47.2 Å². The van der Waals surface area contributed by atoms with E-state index >= 15 is 0 Å². The molecule has 0 radical (unpaired) electrons. The molecule has 0 atom stereocenters. The van der Waals surface area contributed by atoms with Crippen LogP contribution in [0.4, 0.5) is 17.1 Å². The molecule has 37 heavy (non-hydrogen) atoms. The van der Waals surface area contributed by atoms with Crippen LogP contribution in [0, 0.1) is 27.7 Å². The van der Waals surface area contributed by atoms with Crippen LogP contribution in [0.5, 0.6) is 0 Å². The van der Waals surface area contributed by atoms with Gasteiger partial charge in [-0.15, -0.1) is 0 Å². The van der Waals surface area contributed by atoms with E-state index < -0.39 is 0 Å². The normalized spacial score (nSPS) is 13.5. The lowest BCUT2D eigenvalue weighted by Gasteiger charge is -2.30. The topological polar surface area (TPSA) is 3.24 Å². The quantitative estimate of drug-likeness (QED) is 0.218. The van der Waals surface area contributed by atoms with Gasteiger partial charge in [0, 0.05) is 26.6 Å². The van der Waals surface area contributed by atoms with Crippen LogP contribution in [0.25, 0.3) is 21.9 Å². The first kappa shape index (κ1) is 24.0. The van der Waals surface area contributed by atoms with Crippen LogP contribution < -0.4 is 4.90 Å². The van der Waals surface area contributed by atoms with Gasteiger partial charge in [-0.05, 0) is 120 Å². The van der Waals surface area contributed by atoms with E-state index in [1.54, 1.807) is 0 Å². The first-order chi connectivity index (χ1) is 17.6. The van der Waals surface area contributed by atoms with Crippen molar-refractivity contribution in [3.05, 3.63) is 123 Å². The molecule has 0 unspecified atom stereocenters. The Hall–Kier alpha value is -3.36. The van der Waals surface area contributed by atoms with Gasteiger partial charge in [0.2, 0.25) is 0 Å². The SMILES string of the molecule is Cc1cc(C)cc(N(c2cc(C)cc(C)c2)c2cc3c(c4ccccc24)-c2ccc(Br)cc2C3(C)C)c1. The molecule has 0 amide bonds. The number of nitrogens with zero attached hydrogens (tertiary/aromatic N) is 1. The third-order valence-corrected chi connectivity index (χ3v) is 8.28. The Morgan fingerprint density at radius 1 is 0.595 bits per heavy atom. The highest BCUT2D eigenvalue weighted by molar-refractivity contribution is 9.10. The number of halogens is 1. The van der Waals surface area contributed by atoms with E-state index in [9.17, 15) is 0 Å². The summed E-state index contributed by atoms with van der Waals surface area (Å²) in [6, 6.07) is 31.9. The van der Waals surface area contributed by atoms with Crippen molar-refractivity contribution >= 4 is 43.8 Å². The zero-order chi connectivity index (χ0) is 26.1. The molecule has 1 aliphatic rings. The van der Waals surface area contributed by atoms with Crippen molar-refractivity contribution in [1.29, 1.82) is 0 Å². The third-order valence-electron chi connectivity index (χ3n) is 7.79. The second kappa shape index (κ2) is 8.60. The highest BCUT2D eigenvalue weighted by Gasteiger charge is 2.38. The molecule has 0 fully saturated rings. The van der Waals surface area contributed by atoms with Gasteiger partial charge in [-0.1, -0.05) is 72.2 Å². The Morgan fingerprint density at radius 3 is 1.70 bits per heavy atom. The predicted octanol–water partition coefficient (Wildman–Crippen LogP) is 10.6. The Morgan fingerprint density at radius 2 is 1.14 bits per heavy atom. The molecule has 0 saturated carbocycles. The summed E-state index contributed by atoms with van der Waals surface area (Å²) in [5.41, 5.74) is 14.1. The van der Waals surface area contributed by atoms with Crippen molar-refractivity contribution in [3.8, 4) is 11.1 Å². The minimum absolute atomic E-state index is 0.107. The zero-order valence-corrected chi connectivity index (χ0v) is 24.0. The van der Waals surface area contributed by atoms with E-state index in [4.69, 9.17) is 0 Å². The van der Waals surface area contributed by atoms with Gasteiger partial charge in [-0.2, -0.15) is 0 Å². The molecule has 0 aromatic heterocycles. The molecule has 0 aliphatic heterocycles. The summed E-state index contributed by atoms with van der Waals surface area (Å²) in [7, 11) is 0. The summed E-state index contributed by atoms with van der Waals surface area (Å²) in [4.78, 5) is 2.47. The molecule has 6 rings (SSSR count). The monoisotopic (exact) mass is 545 g/mol. The summed E-state index contributed by atoms with van der Waals surface area (Å²) in [5, 5.41) is 2.58. The fraction of sp³-hybridized carbons (Fsp3) is 0.200. The zero-order valence-electron chi connectivity index (χ0n) is 22.4. The highest BCUT2D eigenvalue weighted by Crippen LogP contribution is 2.55. The Balaban J connectivity index is 1.73. The maximum Gasteiger partial charge on any atom is 0.0543 e. The van der Waals surface area contributed by atoms with Crippen LogP contribution in [-0.2, 0) is 5.41 Å². The molecule has 5 aromatic rings. The average Bonchev–Trinajstić information content (AvgIpc) is 3.04. The summed E-state index contributed by atoms with van der Waals surface area (Å²) in [5.74, 6) is 0. The second-order valence-electron chi connectivity index (χ2n) is 11.2. The molecule has 184 valence electrons. The Kier molecular flexibility index (Phi) is 5.58. The standard InChI is InChI=1S/C35H32BrN/c1-21-13-22(2)16-26(15-21)37(27-17-23(3)14-24(4)18-27)33-20-32-34(29-10-8-7-9-28(29)33)30-12-11-25(36)19-31(30)35(32,5)6/h7-20H,1-6H3. The molecule has 0 N–H and O–H groups in total. The fourth-order valence-corrected chi connectivity index (χ4v) is 6.67. The summed E-state index contributed by atoms with van der Waals surface area (Å²) in [6.45, 7) is 13.5. The van der Waals surface area contributed by atoms with E-state index in [1.165, 1.54) is 72.3 Å². The van der Waals surface area contributed by atoms with Crippen molar-refractivity contribution in [1.82, 2.24) is 0 Å². The van der Waals surface area contributed by atoms with Crippen LogP contribution in [-0.4, -0.2) is 0 Å². The number of anilines is 3. The number of hydrogen-bond acceptors (Lipinski definition) is 1. The molecule has 0 bridgehead atoms. The van der Waals surface area contributed by atoms with Crippen molar-refractivity contribution in [2.45, 2.75) is 47.0 Å². The number of fused-ring (bicyclic) bond motifs is 5. The van der Waals surface area contributed by atoms with E-state index in [-0.39, 0.29) is 5.41 Å². The molecule has 1 nitrogen and oxygen atoms in total. The average molecular weight is 547 g/mol. The van der Waals surface area contributed by atoms with Gasteiger partial charge in [0.1, 0.15) is 0 Å². The second-order valence-corrected chi connectivity index (χ2v) is 12.1. The largest absolute Gasteiger partial charge is 0.310 e. The molecule has 5 aromatic carbocycles. The van der Waals surface area contributed by atoms with Crippen molar-refractivity contribution in [2.24, 2.45) is 0 Å². The fourth-order valence-electron chi connectivity index (χ4n) is 6.31. The van der Waals surface area contributed by atoms with Gasteiger partial charge < -0.3 is 4.90 Å². The van der Waals surface area contributed by atoms with Gasteiger partial charge >= 0.3 is 0 Å². The highest BCUT2D eigenvalue weighted by atomic mass is 79.9. The molecule has 1 aliphatic carbocycles.